The van der Waals surface area contributed by atoms with Crippen LogP contribution in [0.2, 0.25) is 5.02 Å². The van der Waals surface area contributed by atoms with Gasteiger partial charge in [0, 0.05) is 52.9 Å². The van der Waals surface area contributed by atoms with Crippen LogP contribution in [-0.4, -0.2) is 24.3 Å². The summed E-state index contributed by atoms with van der Waals surface area (Å²) in [5.41, 5.74) is 6.20. The molecule has 0 saturated heterocycles. The number of rotatable bonds is 8. The van der Waals surface area contributed by atoms with Gasteiger partial charge < -0.3 is 15.4 Å². The Balaban J connectivity index is 1.59. The largest absolute Gasteiger partial charge is 0.487 e. The molecule has 38 heavy (non-hydrogen) atoms. The number of nitrogens with zero attached hydrogens (tertiary/aromatic N) is 2. The maximum atomic E-state index is 13.8. The molecule has 1 fully saturated rings. The Hall–Kier alpha value is -4.21. The van der Waals surface area contributed by atoms with Gasteiger partial charge in [-0.2, -0.15) is 5.26 Å². The highest BCUT2D eigenvalue weighted by molar-refractivity contribution is 6.31. The molecule has 0 atom stereocenters. The quantitative estimate of drug-likeness (QED) is 0.372. The standard InChI is InChI=1S/C31H29ClN4O2/c1-2-35-30(21-8-5-9-21)20-38-27-14-23(13-25(32)16-27)29-15-24(28-11-4-3-7-22(28)17-33)19-36(31(29)37)26-10-6-12-34-18-26/h3-4,6-7,10-11,13-16,18-19,34-35H,2,5,8-9,12,20H2,1H3. The number of likely N-dealkylation sites (N-methyl/N-ethyl adjacent to an activating group) is 1. The van der Waals surface area contributed by atoms with E-state index in [1.165, 1.54) is 12.0 Å². The van der Waals surface area contributed by atoms with E-state index >= 15 is 0 Å². The maximum Gasteiger partial charge on any atom is 0.263 e. The number of pyridine rings is 1. The first-order valence-electron chi connectivity index (χ1n) is 12.8. The third-order valence-corrected chi connectivity index (χ3v) is 6.99. The predicted octanol–water partition coefficient (Wildman–Crippen LogP) is 6.09. The van der Waals surface area contributed by atoms with Gasteiger partial charge in [0.05, 0.1) is 17.3 Å². The molecule has 0 unspecified atom stereocenters. The Bertz CT molecular complexity index is 1550. The summed E-state index contributed by atoms with van der Waals surface area (Å²) < 4.78 is 7.77. The van der Waals surface area contributed by atoms with E-state index in [2.05, 4.69) is 23.6 Å². The van der Waals surface area contributed by atoms with Crippen LogP contribution in [0.25, 0.3) is 28.0 Å². The molecule has 7 heteroatoms. The summed E-state index contributed by atoms with van der Waals surface area (Å²) in [6.07, 6.45) is 10.9. The average molecular weight is 525 g/mol. The van der Waals surface area contributed by atoms with Crippen LogP contribution in [0.15, 0.2) is 89.1 Å². The summed E-state index contributed by atoms with van der Waals surface area (Å²) >= 11 is 6.53. The van der Waals surface area contributed by atoms with Crippen molar-refractivity contribution in [3.8, 4) is 34.1 Å². The Morgan fingerprint density at radius 1 is 1.16 bits per heavy atom. The first-order chi connectivity index (χ1) is 18.6. The summed E-state index contributed by atoms with van der Waals surface area (Å²) in [6.45, 7) is 4.03. The van der Waals surface area contributed by atoms with Crippen molar-refractivity contribution in [1.29, 1.82) is 5.26 Å². The van der Waals surface area contributed by atoms with Crippen LogP contribution >= 0.6 is 11.6 Å². The second kappa shape index (κ2) is 11.5. The van der Waals surface area contributed by atoms with Gasteiger partial charge in [-0.3, -0.25) is 9.36 Å². The number of allylic oxidation sites excluding steroid dienone is 3. The first kappa shape index (κ1) is 25.4. The fourth-order valence-electron chi connectivity index (χ4n) is 4.67. The Morgan fingerprint density at radius 3 is 2.71 bits per heavy atom. The number of ether oxygens (including phenoxy) is 1. The van der Waals surface area contributed by atoms with Crippen molar-refractivity contribution in [2.45, 2.75) is 26.2 Å². The molecule has 3 aromatic rings. The van der Waals surface area contributed by atoms with Crippen LogP contribution in [0.3, 0.4) is 0 Å². The lowest BCUT2D eigenvalue weighted by molar-refractivity contribution is 0.338. The smallest absolute Gasteiger partial charge is 0.263 e. The second-order valence-electron chi connectivity index (χ2n) is 9.29. The molecule has 1 aliphatic heterocycles. The number of hydrogen-bond acceptors (Lipinski definition) is 5. The predicted molar refractivity (Wildman–Crippen MR) is 153 cm³/mol. The van der Waals surface area contributed by atoms with Gasteiger partial charge in [0.15, 0.2) is 0 Å². The summed E-state index contributed by atoms with van der Waals surface area (Å²) in [7, 11) is 0. The second-order valence-corrected chi connectivity index (χ2v) is 9.72. The first-order valence-corrected chi connectivity index (χ1v) is 13.2. The highest BCUT2D eigenvalue weighted by Gasteiger charge is 2.17. The lowest BCUT2D eigenvalue weighted by Crippen LogP contribution is -2.23. The van der Waals surface area contributed by atoms with Crippen LogP contribution in [0.5, 0.6) is 5.75 Å². The van der Waals surface area contributed by atoms with Crippen molar-refractivity contribution in [3.63, 3.8) is 0 Å². The average Bonchev–Trinajstić information content (AvgIpc) is 2.91. The minimum Gasteiger partial charge on any atom is -0.487 e. The molecule has 2 aromatic carbocycles. The molecule has 6 nitrogen and oxygen atoms in total. The molecule has 0 amide bonds. The molecule has 1 saturated carbocycles. The maximum absolute atomic E-state index is 13.8. The normalized spacial score (nSPS) is 14.1. The van der Waals surface area contributed by atoms with Crippen LogP contribution in [0.1, 0.15) is 31.7 Å². The SMILES string of the molecule is CCNC(COc1cc(Cl)cc(-c2cc(-c3ccccc3C#N)cn(C3=CNCC=C3)c2=O)c1)=C1CCC1. The zero-order valence-corrected chi connectivity index (χ0v) is 22.0. The Kier molecular flexibility index (Phi) is 7.67. The van der Waals surface area contributed by atoms with E-state index < -0.39 is 0 Å². The van der Waals surface area contributed by atoms with E-state index in [4.69, 9.17) is 16.3 Å². The molecule has 1 aliphatic carbocycles. The highest BCUT2D eigenvalue weighted by Crippen LogP contribution is 2.32. The van der Waals surface area contributed by atoms with Gasteiger partial charge in [-0.25, -0.2) is 0 Å². The van der Waals surface area contributed by atoms with E-state index in [1.54, 1.807) is 29.0 Å². The Morgan fingerprint density at radius 2 is 2.00 bits per heavy atom. The van der Waals surface area contributed by atoms with Gasteiger partial charge in [-0.05, 0) is 73.7 Å². The third kappa shape index (κ3) is 5.39. The monoisotopic (exact) mass is 524 g/mol. The zero-order chi connectivity index (χ0) is 26.5. The lowest BCUT2D eigenvalue weighted by atomic mass is 9.90. The number of aromatic nitrogens is 1. The Labute approximate surface area is 227 Å². The zero-order valence-electron chi connectivity index (χ0n) is 21.3. The molecule has 5 rings (SSSR count). The van der Waals surface area contributed by atoms with E-state index in [0.29, 0.717) is 46.3 Å². The summed E-state index contributed by atoms with van der Waals surface area (Å²) in [5.74, 6) is 0.593. The molecule has 0 bridgehead atoms. The molecule has 0 radical (unpaired) electrons. The minimum atomic E-state index is -0.194. The summed E-state index contributed by atoms with van der Waals surface area (Å²) in [6, 6.07) is 16.9. The van der Waals surface area contributed by atoms with Crippen molar-refractivity contribution in [2.24, 2.45) is 0 Å². The summed E-state index contributed by atoms with van der Waals surface area (Å²) in [5, 5.41) is 16.8. The number of hydrogen-bond donors (Lipinski definition) is 2. The van der Waals surface area contributed by atoms with Gasteiger partial charge in [0.25, 0.3) is 5.56 Å². The molecule has 1 aromatic heterocycles. The minimum absolute atomic E-state index is 0.194. The lowest BCUT2D eigenvalue weighted by Gasteiger charge is -2.23. The molecule has 2 aliphatic rings. The van der Waals surface area contributed by atoms with Gasteiger partial charge >= 0.3 is 0 Å². The number of nitrogens with one attached hydrogen (secondary N) is 2. The van der Waals surface area contributed by atoms with Gasteiger partial charge in [-0.1, -0.05) is 35.9 Å². The van der Waals surface area contributed by atoms with Gasteiger partial charge in [0.1, 0.15) is 12.4 Å². The fraction of sp³-hybridized carbons (Fsp3) is 0.226. The van der Waals surface area contributed by atoms with Crippen molar-refractivity contribution in [2.75, 3.05) is 19.7 Å². The molecular weight excluding hydrogens is 496 g/mol. The van der Waals surface area contributed by atoms with Gasteiger partial charge in [-0.15, -0.1) is 0 Å². The molecule has 192 valence electrons. The molecule has 2 N–H and O–H groups in total. The van der Waals surface area contributed by atoms with Crippen molar-refractivity contribution in [3.05, 3.63) is 105 Å². The van der Waals surface area contributed by atoms with E-state index in [-0.39, 0.29) is 5.56 Å². The highest BCUT2D eigenvalue weighted by atomic mass is 35.5. The number of nitriles is 1. The van der Waals surface area contributed by atoms with Crippen LogP contribution in [0.4, 0.5) is 0 Å². The van der Waals surface area contributed by atoms with Crippen LogP contribution in [0, 0.1) is 11.3 Å². The fourth-order valence-corrected chi connectivity index (χ4v) is 4.90. The molecule has 2 heterocycles. The van der Waals surface area contributed by atoms with Crippen molar-refractivity contribution in [1.82, 2.24) is 15.2 Å². The van der Waals surface area contributed by atoms with E-state index in [9.17, 15) is 10.1 Å². The number of halogens is 1. The van der Waals surface area contributed by atoms with Crippen molar-refractivity contribution >= 4 is 17.3 Å². The molecular formula is C31H29ClN4O2. The molecule has 0 spiro atoms. The summed E-state index contributed by atoms with van der Waals surface area (Å²) in [4.78, 5) is 13.8. The van der Waals surface area contributed by atoms with Gasteiger partial charge in [0.2, 0.25) is 0 Å². The van der Waals surface area contributed by atoms with Crippen molar-refractivity contribution < 1.29 is 4.74 Å². The number of dihydropyridines is 1. The third-order valence-electron chi connectivity index (χ3n) is 6.77. The van der Waals surface area contributed by atoms with Crippen LogP contribution < -0.4 is 20.9 Å². The number of benzene rings is 2. The van der Waals surface area contributed by atoms with E-state index in [1.807, 2.05) is 48.7 Å². The van der Waals surface area contributed by atoms with E-state index in [0.717, 1.165) is 36.2 Å². The van der Waals surface area contributed by atoms with Crippen LogP contribution in [-0.2, 0) is 0 Å². The topological polar surface area (TPSA) is 79.1 Å².